The van der Waals surface area contributed by atoms with Crippen LogP contribution in [-0.2, 0) is 14.3 Å². The summed E-state index contributed by atoms with van der Waals surface area (Å²) in [5.74, 6) is -0.0888. The summed E-state index contributed by atoms with van der Waals surface area (Å²) in [7, 11) is 5.84. The van der Waals surface area contributed by atoms with Crippen LogP contribution in [0.2, 0.25) is 10.0 Å². The molecule has 0 radical (unpaired) electrons. The predicted octanol–water partition coefficient (Wildman–Crippen LogP) is 4.98. The number of halogens is 2. The number of morpholine rings is 1. The van der Waals surface area contributed by atoms with Crippen molar-refractivity contribution in [2.45, 2.75) is 6.04 Å². The molecule has 2 aliphatic heterocycles. The van der Waals surface area contributed by atoms with Crippen molar-refractivity contribution in [3.63, 3.8) is 0 Å². The van der Waals surface area contributed by atoms with E-state index < -0.39 is 0 Å². The number of carbonyl (C=O) groups excluding carboxylic acids is 2. The average Bonchev–Trinajstić information content (AvgIpc) is 2.98. The van der Waals surface area contributed by atoms with Gasteiger partial charge in [0.2, 0.25) is 5.91 Å². The first kappa shape index (κ1) is 29.2. The molecule has 0 bridgehead atoms. The van der Waals surface area contributed by atoms with Crippen molar-refractivity contribution >= 4 is 46.4 Å². The largest absolute Gasteiger partial charge is 0.482 e. The van der Waals surface area contributed by atoms with Crippen molar-refractivity contribution in [2.75, 3.05) is 76.9 Å². The van der Waals surface area contributed by atoms with Crippen molar-refractivity contribution < 1.29 is 19.1 Å². The molecule has 0 aromatic heterocycles. The van der Waals surface area contributed by atoms with Crippen molar-refractivity contribution in [3.8, 4) is 16.9 Å². The van der Waals surface area contributed by atoms with Crippen LogP contribution >= 0.6 is 23.2 Å². The first-order valence-electron chi connectivity index (χ1n) is 13.6. The molecule has 10 heteroatoms. The zero-order valence-corrected chi connectivity index (χ0v) is 25.0. The van der Waals surface area contributed by atoms with E-state index in [9.17, 15) is 9.59 Å². The summed E-state index contributed by atoms with van der Waals surface area (Å²) >= 11 is 12.4. The van der Waals surface area contributed by atoms with Gasteiger partial charge in [-0.05, 0) is 41.0 Å². The molecule has 3 aromatic carbocycles. The summed E-state index contributed by atoms with van der Waals surface area (Å²) in [5, 5.41) is 0.611. The Kier molecular flexibility index (Phi) is 9.04. The van der Waals surface area contributed by atoms with Crippen LogP contribution in [0.5, 0.6) is 5.75 Å². The fourth-order valence-corrected chi connectivity index (χ4v) is 5.46. The summed E-state index contributed by atoms with van der Waals surface area (Å²) in [6, 6.07) is 19.6. The van der Waals surface area contributed by atoms with E-state index in [2.05, 4.69) is 52.3 Å². The van der Waals surface area contributed by atoms with Crippen LogP contribution in [0.15, 0.2) is 60.7 Å². The van der Waals surface area contributed by atoms with Gasteiger partial charge >= 0.3 is 0 Å². The molecule has 5 rings (SSSR count). The van der Waals surface area contributed by atoms with Crippen LogP contribution in [-0.4, -0.2) is 88.8 Å². The average molecular weight is 598 g/mol. The number of ether oxygens (including phenoxy) is 2. The third kappa shape index (κ3) is 6.62. The highest BCUT2D eigenvalue weighted by Crippen LogP contribution is 2.39. The predicted molar refractivity (Wildman–Crippen MR) is 163 cm³/mol. The zero-order chi connectivity index (χ0) is 29.1. The van der Waals surface area contributed by atoms with Crippen LogP contribution in [0, 0.1) is 0 Å². The number of likely N-dealkylation sites (N-methyl/N-ethyl adjacent to an activating group) is 1. The van der Waals surface area contributed by atoms with Crippen molar-refractivity contribution in [2.24, 2.45) is 0 Å². The Morgan fingerprint density at radius 3 is 2.37 bits per heavy atom. The van der Waals surface area contributed by atoms with Gasteiger partial charge in [0.05, 0.1) is 35.0 Å². The molecule has 2 amide bonds. The van der Waals surface area contributed by atoms with E-state index in [1.165, 1.54) is 4.90 Å². The van der Waals surface area contributed by atoms with Gasteiger partial charge in [0.1, 0.15) is 12.3 Å². The second-order valence-corrected chi connectivity index (χ2v) is 11.3. The van der Waals surface area contributed by atoms with Crippen LogP contribution < -0.4 is 14.5 Å². The lowest BCUT2D eigenvalue weighted by atomic mass is 9.98. The Morgan fingerprint density at radius 2 is 1.66 bits per heavy atom. The zero-order valence-electron chi connectivity index (χ0n) is 23.5. The number of hydrogen-bond donors (Lipinski definition) is 0. The molecule has 41 heavy (non-hydrogen) atoms. The SMILES string of the molecule is CN(C)c1ccc(-c2cccc(C(CN3CCOCC3)N(C)C(=O)CN3C(=O)COc4cc(Cl)c(Cl)cc43)c2)cc1. The summed E-state index contributed by atoms with van der Waals surface area (Å²) in [4.78, 5) is 34.2. The smallest absolute Gasteiger partial charge is 0.265 e. The normalized spacial score (nSPS) is 16.1. The third-order valence-corrected chi connectivity index (χ3v) is 8.34. The van der Waals surface area contributed by atoms with E-state index >= 15 is 0 Å². The van der Waals surface area contributed by atoms with E-state index in [0.717, 1.165) is 35.5 Å². The maximum Gasteiger partial charge on any atom is 0.265 e. The van der Waals surface area contributed by atoms with Gasteiger partial charge in [0.25, 0.3) is 5.91 Å². The molecule has 0 N–H and O–H groups in total. The molecule has 0 aliphatic carbocycles. The Hall–Kier alpha value is -3.30. The molecule has 0 saturated carbocycles. The summed E-state index contributed by atoms with van der Waals surface area (Å²) in [6.45, 7) is 3.22. The van der Waals surface area contributed by atoms with Gasteiger partial charge in [-0.1, -0.05) is 53.5 Å². The topological polar surface area (TPSA) is 65.6 Å². The molecular formula is C31H34Cl2N4O4. The molecule has 1 fully saturated rings. The Bertz CT molecular complexity index is 1410. The van der Waals surface area contributed by atoms with Gasteiger partial charge in [0, 0.05) is 52.5 Å². The van der Waals surface area contributed by atoms with E-state index in [1.54, 1.807) is 24.1 Å². The number of anilines is 2. The van der Waals surface area contributed by atoms with Gasteiger partial charge in [0.15, 0.2) is 6.61 Å². The highest BCUT2D eigenvalue weighted by atomic mass is 35.5. The van der Waals surface area contributed by atoms with Gasteiger partial charge in [-0.2, -0.15) is 0 Å². The van der Waals surface area contributed by atoms with E-state index in [0.29, 0.717) is 36.2 Å². The molecule has 3 aromatic rings. The maximum absolute atomic E-state index is 13.8. The van der Waals surface area contributed by atoms with E-state index in [1.807, 2.05) is 20.2 Å². The highest BCUT2D eigenvalue weighted by molar-refractivity contribution is 6.42. The van der Waals surface area contributed by atoms with E-state index in [4.69, 9.17) is 32.7 Å². The molecule has 216 valence electrons. The minimum absolute atomic E-state index is 0.144. The van der Waals surface area contributed by atoms with Crippen molar-refractivity contribution in [1.82, 2.24) is 9.80 Å². The van der Waals surface area contributed by atoms with Crippen LogP contribution in [0.4, 0.5) is 11.4 Å². The van der Waals surface area contributed by atoms with Crippen LogP contribution in [0.25, 0.3) is 11.1 Å². The summed E-state index contributed by atoms with van der Waals surface area (Å²) < 4.78 is 11.1. The van der Waals surface area contributed by atoms with Crippen molar-refractivity contribution in [3.05, 3.63) is 76.3 Å². The molecular weight excluding hydrogens is 563 g/mol. The monoisotopic (exact) mass is 596 g/mol. The van der Waals surface area contributed by atoms with Crippen molar-refractivity contribution in [1.29, 1.82) is 0 Å². The fraction of sp³-hybridized carbons (Fsp3) is 0.355. The molecule has 1 unspecified atom stereocenters. The first-order valence-corrected chi connectivity index (χ1v) is 14.3. The third-order valence-electron chi connectivity index (χ3n) is 7.62. The number of nitrogens with zero attached hydrogens (tertiary/aromatic N) is 4. The second kappa shape index (κ2) is 12.7. The minimum Gasteiger partial charge on any atom is -0.482 e. The summed E-state index contributed by atoms with van der Waals surface area (Å²) in [5.41, 5.74) is 4.76. The standard InChI is InChI=1S/C31H34Cl2N4O4/c1-34(2)24-9-7-21(8-10-24)22-5-4-6-23(15-22)28(18-36-11-13-40-14-12-36)35(3)30(38)19-37-27-16-25(32)26(33)17-29(27)41-20-31(37)39/h4-10,15-17,28H,11-14,18-20H2,1-3H3. The molecule has 0 spiro atoms. The molecule has 1 atom stereocenters. The lowest BCUT2D eigenvalue weighted by molar-refractivity contribution is -0.133. The second-order valence-electron chi connectivity index (χ2n) is 10.5. The van der Waals surface area contributed by atoms with Crippen LogP contribution in [0.1, 0.15) is 11.6 Å². The summed E-state index contributed by atoms with van der Waals surface area (Å²) in [6.07, 6.45) is 0. The Balaban J connectivity index is 1.42. The van der Waals surface area contributed by atoms with Gasteiger partial charge < -0.3 is 19.3 Å². The number of hydrogen-bond acceptors (Lipinski definition) is 6. The molecule has 1 saturated heterocycles. The Labute approximate surface area is 250 Å². The first-order chi connectivity index (χ1) is 19.7. The van der Waals surface area contributed by atoms with Gasteiger partial charge in [-0.15, -0.1) is 0 Å². The number of benzene rings is 3. The maximum atomic E-state index is 13.8. The molecule has 2 aliphatic rings. The Morgan fingerprint density at radius 1 is 0.951 bits per heavy atom. The van der Waals surface area contributed by atoms with Gasteiger partial charge in [-0.3, -0.25) is 19.4 Å². The number of carbonyl (C=O) groups is 2. The molecule has 8 nitrogen and oxygen atoms in total. The lowest BCUT2D eigenvalue weighted by Crippen LogP contribution is -2.48. The number of rotatable bonds is 8. The van der Waals surface area contributed by atoms with E-state index in [-0.39, 0.29) is 36.0 Å². The number of amides is 2. The quantitative estimate of drug-likeness (QED) is 0.365. The highest BCUT2D eigenvalue weighted by Gasteiger charge is 2.32. The lowest BCUT2D eigenvalue weighted by Gasteiger charge is -2.37. The fourth-order valence-electron chi connectivity index (χ4n) is 5.15. The van der Waals surface area contributed by atoms with Crippen LogP contribution in [0.3, 0.4) is 0 Å². The number of fused-ring (bicyclic) bond motifs is 1. The molecule has 2 heterocycles. The van der Waals surface area contributed by atoms with Gasteiger partial charge in [-0.25, -0.2) is 0 Å². The minimum atomic E-state index is -0.314.